The van der Waals surface area contributed by atoms with Crippen LogP contribution in [0.15, 0.2) is 24.3 Å². The lowest BCUT2D eigenvalue weighted by Gasteiger charge is -1.95. The second kappa shape index (κ2) is 2.68. The standard InChI is InChI=1S/C9H8N4S/c1-10-8-11-12-9-13(8)6-4-2-3-5-7(6)14-9/h2-5H,1H3,(H,10,11). The van der Waals surface area contributed by atoms with Gasteiger partial charge in [-0.2, -0.15) is 0 Å². The van der Waals surface area contributed by atoms with Gasteiger partial charge in [-0.05, 0) is 12.1 Å². The molecule has 2 heterocycles. The van der Waals surface area contributed by atoms with Crippen molar-refractivity contribution in [3.63, 3.8) is 0 Å². The average Bonchev–Trinajstić information content (AvgIpc) is 2.75. The van der Waals surface area contributed by atoms with Crippen LogP contribution in [-0.4, -0.2) is 21.6 Å². The van der Waals surface area contributed by atoms with Crippen LogP contribution in [0, 0.1) is 0 Å². The lowest BCUT2D eigenvalue weighted by molar-refractivity contribution is 1.10. The first kappa shape index (κ1) is 7.75. The Balaban J connectivity index is 2.54. The average molecular weight is 204 g/mol. The molecule has 5 heteroatoms. The second-order valence-corrected chi connectivity index (χ2v) is 3.97. The first-order valence-electron chi connectivity index (χ1n) is 4.30. The van der Waals surface area contributed by atoms with E-state index in [1.807, 2.05) is 23.6 Å². The molecular formula is C9H8N4S. The summed E-state index contributed by atoms with van der Waals surface area (Å²) in [7, 11) is 1.85. The van der Waals surface area contributed by atoms with E-state index < -0.39 is 0 Å². The number of benzene rings is 1. The third-order valence-corrected chi connectivity index (χ3v) is 3.18. The van der Waals surface area contributed by atoms with Crippen LogP contribution in [0.25, 0.3) is 15.2 Å². The normalized spacial score (nSPS) is 11.2. The van der Waals surface area contributed by atoms with Crippen molar-refractivity contribution in [3.05, 3.63) is 24.3 Å². The van der Waals surface area contributed by atoms with Gasteiger partial charge >= 0.3 is 0 Å². The number of hydrogen-bond donors (Lipinski definition) is 1. The fourth-order valence-electron chi connectivity index (χ4n) is 1.54. The maximum absolute atomic E-state index is 4.10. The number of fused-ring (bicyclic) bond motifs is 3. The molecule has 3 rings (SSSR count). The van der Waals surface area contributed by atoms with E-state index in [1.165, 1.54) is 4.70 Å². The molecule has 70 valence electrons. The van der Waals surface area contributed by atoms with Crippen molar-refractivity contribution in [3.8, 4) is 0 Å². The van der Waals surface area contributed by atoms with E-state index >= 15 is 0 Å². The van der Waals surface area contributed by atoms with Crippen molar-refractivity contribution < 1.29 is 0 Å². The summed E-state index contributed by atoms with van der Waals surface area (Å²) in [4.78, 5) is 0.926. The van der Waals surface area contributed by atoms with E-state index in [0.717, 1.165) is 16.4 Å². The summed E-state index contributed by atoms with van der Waals surface area (Å²) in [6.45, 7) is 0. The van der Waals surface area contributed by atoms with Crippen molar-refractivity contribution >= 4 is 32.5 Å². The molecule has 0 atom stereocenters. The van der Waals surface area contributed by atoms with Gasteiger partial charge in [0.25, 0.3) is 0 Å². The topological polar surface area (TPSA) is 42.2 Å². The van der Waals surface area contributed by atoms with Crippen molar-refractivity contribution in [1.82, 2.24) is 14.6 Å². The van der Waals surface area contributed by atoms with Gasteiger partial charge in [-0.15, -0.1) is 10.2 Å². The largest absolute Gasteiger partial charge is 0.357 e. The predicted octanol–water partition coefficient (Wildman–Crippen LogP) is 1.99. The van der Waals surface area contributed by atoms with E-state index in [9.17, 15) is 0 Å². The van der Waals surface area contributed by atoms with Crippen molar-refractivity contribution in [2.24, 2.45) is 0 Å². The van der Waals surface area contributed by atoms with Crippen molar-refractivity contribution in [1.29, 1.82) is 0 Å². The molecule has 0 saturated carbocycles. The maximum atomic E-state index is 4.10. The van der Waals surface area contributed by atoms with Gasteiger partial charge in [0.1, 0.15) is 0 Å². The Morgan fingerprint density at radius 1 is 1.29 bits per heavy atom. The molecule has 1 N–H and O–H groups in total. The zero-order valence-corrected chi connectivity index (χ0v) is 8.38. The molecule has 0 aliphatic rings. The molecule has 0 unspecified atom stereocenters. The minimum atomic E-state index is 0.789. The van der Waals surface area contributed by atoms with Crippen molar-refractivity contribution in [2.45, 2.75) is 0 Å². The highest BCUT2D eigenvalue weighted by Crippen LogP contribution is 2.27. The molecule has 0 aliphatic heterocycles. The zero-order valence-electron chi connectivity index (χ0n) is 7.56. The van der Waals surface area contributed by atoms with Gasteiger partial charge in [-0.3, -0.25) is 4.40 Å². The number of anilines is 1. The lowest BCUT2D eigenvalue weighted by atomic mass is 10.3. The summed E-state index contributed by atoms with van der Waals surface area (Å²) in [6, 6.07) is 8.22. The summed E-state index contributed by atoms with van der Waals surface area (Å²) < 4.78 is 3.26. The Hall–Kier alpha value is -1.62. The molecule has 0 radical (unpaired) electrons. The van der Waals surface area contributed by atoms with Crippen LogP contribution in [0.3, 0.4) is 0 Å². The van der Waals surface area contributed by atoms with E-state index in [-0.39, 0.29) is 0 Å². The van der Waals surface area contributed by atoms with Gasteiger partial charge in [-0.25, -0.2) is 0 Å². The third-order valence-electron chi connectivity index (χ3n) is 2.16. The quantitative estimate of drug-likeness (QED) is 0.659. The first-order chi connectivity index (χ1) is 6.90. The fraction of sp³-hybridized carbons (Fsp3) is 0.111. The first-order valence-corrected chi connectivity index (χ1v) is 5.12. The number of rotatable bonds is 1. The van der Waals surface area contributed by atoms with Gasteiger partial charge in [0, 0.05) is 7.05 Å². The Bertz CT molecular complexity index is 595. The van der Waals surface area contributed by atoms with E-state index in [2.05, 4.69) is 27.6 Å². The van der Waals surface area contributed by atoms with Gasteiger partial charge in [0.05, 0.1) is 10.2 Å². The van der Waals surface area contributed by atoms with Crippen LogP contribution in [0.5, 0.6) is 0 Å². The van der Waals surface area contributed by atoms with Crippen LogP contribution in [0.4, 0.5) is 5.95 Å². The summed E-state index contributed by atoms with van der Waals surface area (Å²) in [5.41, 5.74) is 1.15. The molecule has 14 heavy (non-hydrogen) atoms. The zero-order chi connectivity index (χ0) is 9.54. The smallest absolute Gasteiger partial charge is 0.230 e. The molecule has 3 aromatic rings. The molecule has 0 amide bonds. The lowest BCUT2D eigenvalue weighted by Crippen LogP contribution is -1.94. The van der Waals surface area contributed by atoms with Gasteiger partial charge < -0.3 is 5.32 Å². The number of nitrogens with zero attached hydrogens (tertiary/aromatic N) is 3. The summed E-state index contributed by atoms with van der Waals surface area (Å²) in [5.74, 6) is 0.789. The molecule has 0 fully saturated rings. The third kappa shape index (κ3) is 0.871. The van der Waals surface area contributed by atoms with E-state index in [0.29, 0.717) is 0 Å². The predicted molar refractivity (Wildman–Crippen MR) is 57.9 cm³/mol. The number of aromatic nitrogens is 3. The Labute approximate surface area is 84.2 Å². The Morgan fingerprint density at radius 3 is 3.00 bits per heavy atom. The molecule has 0 spiro atoms. The Morgan fingerprint density at radius 2 is 2.14 bits per heavy atom. The van der Waals surface area contributed by atoms with Gasteiger partial charge in [0.15, 0.2) is 0 Å². The van der Waals surface area contributed by atoms with Crippen LogP contribution in [0.2, 0.25) is 0 Å². The summed E-state index contributed by atoms with van der Waals surface area (Å²) in [5, 5.41) is 11.2. The highest BCUT2D eigenvalue weighted by molar-refractivity contribution is 7.23. The number of hydrogen-bond acceptors (Lipinski definition) is 4. The molecule has 0 saturated heterocycles. The fourth-order valence-corrected chi connectivity index (χ4v) is 2.51. The highest BCUT2D eigenvalue weighted by atomic mass is 32.1. The molecule has 1 aromatic carbocycles. The summed E-state index contributed by atoms with van der Waals surface area (Å²) >= 11 is 1.65. The molecule has 0 bridgehead atoms. The van der Waals surface area contributed by atoms with Crippen LogP contribution < -0.4 is 5.32 Å². The number of nitrogens with one attached hydrogen (secondary N) is 1. The van der Waals surface area contributed by atoms with Crippen molar-refractivity contribution in [2.75, 3.05) is 12.4 Å². The van der Waals surface area contributed by atoms with Gasteiger partial charge in [-0.1, -0.05) is 23.5 Å². The molecule has 4 nitrogen and oxygen atoms in total. The van der Waals surface area contributed by atoms with Gasteiger partial charge in [0.2, 0.25) is 10.9 Å². The Kier molecular flexibility index (Phi) is 1.49. The van der Waals surface area contributed by atoms with Crippen LogP contribution in [0.1, 0.15) is 0 Å². The van der Waals surface area contributed by atoms with E-state index in [4.69, 9.17) is 0 Å². The molecule has 0 aliphatic carbocycles. The van der Waals surface area contributed by atoms with Crippen LogP contribution >= 0.6 is 11.3 Å². The minimum Gasteiger partial charge on any atom is -0.357 e. The van der Waals surface area contributed by atoms with E-state index in [1.54, 1.807) is 11.3 Å². The maximum Gasteiger partial charge on any atom is 0.230 e. The molecule has 2 aromatic heterocycles. The number of thiazole rings is 1. The molecular weight excluding hydrogens is 196 g/mol. The number of para-hydroxylation sites is 1. The highest BCUT2D eigenvalue weighted by Gasteiger charge is 2.09. The summed E-state index contributed by atoms with van der Waals surface area (Å²) in [6.07, 6.45) is 0. The van der Waals surface area contributed by atoms with Crippen LogP contribution in [-0.2, 0) is 0 Å². The SMILES string of the molecule is CNc1nnc2sc3ccccc3n12. The minimum absolute atomic E-state index is 0.789. The second-order valence-electron chi connectivity index (χ2n) is 2.96. The monoisotopic (exact) mass is 204 g/mol.